The van der Waals surface area contributed by atoms with Gasteiger partial charge >= 0.3 is 0 Å². The van der Waals surface area contributed by atoms with Crippen LogP contribution >= 0.6 is 0 Å². The molecule has 1 aromatic carbocycles. The molecular formula is C16H25NO. The molecule has 1 fully saturated rings. The zero-order valence-electron chi connectivity index (χ0n) is 11.5. The largest absolute Gasteiger partial charge is 0.494 e. The van der Waals surface area contributed by atoms with Crippen LogP contribution in [-0.2, 0) is 6.42 Å². The minimum absolute atomic E-state index is 0.693. The first-order valence-corrected chi connectivity index (χ1v) is 7.30. The number of nitrogens with two attached hydrogens (primary N) is 1. The Bertz CT molecular complexity index is 369. The Morgan fingerprint density at radius 1 is 1.22 bits per heavy atom. The Hall–Kier alpha value is -1.02. The summed E-state index contributed by atoms with van der Waals surface area (Å²) in [5.74, 6) is 1.78. The van der Waals surface area contributed by atoms with Gasteiger partial charge in [-0.2, -0.15) is 0 Å². The smallest absolute Gasteiger partial charge is 0.122 e. The van der Waals surface area contributed by atoms with E-state index in [1.807, 2.05) is 0 Å². The Morgan fingerprint density at radius 3 is 2.67 bits per heavy atom. The van der Waals surface area contributed by atoms with Gasteiger partial charge in [-0.15, -0.1) is 0 Å². The molecule has 1 saturated carbocycles. The van der Waals surface area contributed by atoms with Gasteiger partial charge < -0.3 is 10.5 Å². The van der Waals surface area contributed by atoms with Gasteiger partial charge in [-0.1, -0.05) is 31.4 Å². The van der Waals surface area contributed by atoms with E-state index in [9.17, 15) is 0 Å². The van der Waals surface area contributed by atoms with Gasteiger partial charge in [0, 0.05) is 0 Å². The molecule has 1 aliphatic carbocycles. The van der Waals surface area contributed by atoms with Crippen molar-refractivity contribution in [1.82, 2.24) is 0 Å². The van der Waals surface area contributed by atoms with Crippen molar-refractivity contribution in [2.45, 2.75) is 51.4 Å². The van der Waals surface area contributed by atoms with E-state index in [-0.39, 0.29) is 0 Å². The van der Waals surface area contributed by atoms with Crippen molar-refractivity contribution in [2.24, 2.45) is 5.73 Å². The van der Waals surface area contributed by atoms with Crippen molar-refractivity contribution in [3.05, 3.63) is 29.3 Å². The quantitative estimate of drug-likeness (QED) is 0.862. The second kappa shape index (κ2) is 6.79. The van der Waals surface area contributed by atoms with Crippen molar-refractivity contribution in [2.75, 3.05) is 13.2 Å². The van der Waals surface area contributed by atoms with Gasteiger partial charge in [-0.05, 0) is 55.8 Å². The molecule has 0 saturated heterocycles. The van der Waals surface area contributed by atoms with Crippen molar-refractivity contribution >= 4 is 0 Å². The summed E-state index contributed by atoms with van der Waals surface area (Å²) in [7, 11) is 0. The molecule has 2 heteroatoms. The summed E-state index contributed by atoms with van der Waals surface area (Å²) in [6.07, 6.45) is 7.70. The van der Waals surface area contributed by atoms with Gasteiger partial charge in [0.1, 0.15) is 5.75 Å². The number of hydrogen-bond acceptors (Lipinski definition) is 2. The molecule has 0 unspecified atom stereocenters. The molecule has 0 radical (unpaired) electrons. The summed E-state index contributed by atoms with van der Waals surface area (Å²) in [5.41, 5.74) is 8.42. The van der Waals surface area contributed by atoms with Crippen LogP contribution in [0.1, 0.15) is 56.1 Å². The molecule has 18 heavy (non-hydrogen) atoms. The minimum Gasteiger partial charge on any atom is -0.494 e. The van der Waals surface area contributed by atoms with Crippen LogP contribution in [0, 0.1) is 0 Å². The molecule has 0 aliphatic heterocycles. The molecule has 100 valence electrons. The molecule has 0 bridgehead atoms. The first-order valence-electron chi connectivity index (χ1n) is 7.30. The molecule has 2 nitrogen and oxygen atoms in total. The lowest BCUT2D eigenvalue weighted by molar-refractivity contribution is 0.328. The number of hydrogen-bond donors (Lipinski definition) is 1. The highest BCUT2D eigenvalue weighted by Crippen LogP contribution is 2.38. The summed E-state index contributed by atoms with van der Waals surface area (Å²) in [5, 5.41) is 0. The summed E-state index contributed by atoms with van der Waals surface area (Å²) in [4.78, 5) is 0. The predicted molar refractivity (Wildman–Crippen MR) is 76.2 cm³/mol. The van der Waals surface area contributed by atoms with Gasteiger partial charge in [0.25, 0.3) is 0 Å². The zero-order valence-corrected chi connectivity index (χ0v) is 11.5. The van der Waals surface area contributed by atoms with Crippen molar-refractivity contribution in [1.29, 1.82) is 0 Å². The third-order valence-electron chi connectivity index (χ3n) is 3.85. The Morgan fingerprint density at radius 2 is 2.00 bits per heavy atom. The number of rotatable bonds is 5. The van der Waals surface area contributed by atoms with Crippen molar-refractivity contribution < 1.29 is 4.74 Å². The summed E-state index contributed by atoms with van der Waals surface area (Å²) in [6, 6.07) is 6.62. The molecule has 2 N–H and O–H groups in total. The van der Waals surface area contributed by atoms with Gasteiger partial charge in [-0.3, -0.25) is 0 Å². The van der Waals surface area contributed by atoms with Crippen LogP contribution in [0.2, 0.25) is 0 Å². The van der Waals surface area contributed by atoms with E-state index in [2.05, 4.69) is 25.1 Å². The second-order valence-electron chi connectivity index (χ2n) is 5.18. The molecule has 0 spiro atoms. The van der Waals surface area contributed by atoms with Crippen LogP contribution in [0.15, 0.2) is 18.2 Å². The van der Waals surface area contributed by atoms with E-state index in [0.29, 0.717) is 5.92 Å². The van der Waals surface area contributed by atoms with E-state index >= 15 is 0 Å². The highest BCUT2D eigenvalue weighted by molar-refractivity contribution is 5.40. The molecule has 1 aromatic rings. The predicted octanol–water partition coefficient (Wildman–Crippen LogP) is 3.63. The fourth-order valence-electron chi connectivity index (χ4n) is 2.94. The third-order valence-corrected chi connectivity index (χ3v) is 3.85. The lowest BCUT2D eigenvalue weighted by Gasteiger charge is -2.24. The first-order chi connectivity index (χ1) is 8.85. The highest BCUT2D eigenvalue weighted by Gasteiger charge is 2.19. The van der Waals surface area contributed by atoms with E-state index in [4.69, 9.17) is 10.5 Å². The third kappa shape index (κ3) is 3.26. The maximum Gasteiger partial charge on any atom is 0.122 e. The number of benzene rings is 1. The van der Waals surface area contributed by atoms with Gasteiger partial charge in [-0.25, -0.2) is 0 Å². The molecule has 0 heterocycles. The lowest BCUT2D eigenvalue weighted by atomic mass is 9.83. The maximum atomic E-state index is 5.79. The summed E-state index contributed by atoms with van der Waals surface area (Å²) < 4.78 is 5.79. The zero-order chi connectivity index (χ0) is 12.8. The van der Waals surface area contributed by atoms with E-state index < -0.39 is 0 Å². The topological polar surface area (TPSA) is 35.2 Å². The molecule has 0 aromatic heterocycles. The fourth-order valence-corrected chi connectivity index (χ4v) is 2.94. The van der Waals surface area contributed by atoms with Gasteiger partial charge in [0.2, 0.25) is 0 Å². The average Bonchev–Trinajstić information content (AvgIpc) is 2.42. The first kappa shape index (κ1) is 13.4. The Labute approximate surface area is 111 Å². The maximum absolute atomic E-state index is 5.79. The van der Waals surface area contributed by atoms with Crippen molar-refractivity contribution in [3.8, 4) is 5.75 Å². The second-order valence-corrected chi connectivity index (χ2v) is 5.18. The van der Waals surface area contributed by atoms with Crippen molar-refractivity contribution in [3.63, 3.8) is 0 Å². The molecular weight excluding hydrogens is 222 g/mol. The van der Waals surface area contributed by atoms with Gasteiger partial charge in [0.05, 0.1) is 6.61 Å². The van der Waals surface area contributed by atoms with Gasteiger partial charge in [0.15, 0.2) is 0 Å². The van der Waals surface area contributed by atoms with E-state index in [1.54, 1.807) is 0 Å². The highest BCUT2D eigenvalue weighted by atomic mass is 16.5. The van der Waals surface area contributed by atoms with Crippen LogP contribution in [0.3, 0.4) is 0 Å². The SMILES string of the molecule is CCOc1ccc(CCN)cc1C1CCCCC1. The lowest BCUT2D eigenvalue weighted by Crippen LogP contribution is -2.09. The summed E-state index contributed by atoms with van der Waals surface area (Å²) >= 11 is 0. The molecule has 1 aliphatic rings. The minimum atomic E-state index is 0.693. The van der Waals surface area contributed by atoms with E-state index in [1.165, 1.54) is 43.2 Å². The van der Waals surface area contributed by atoms with Crippen LogP contribution in [0.5, 0.6) is 5.75 Å². The Kier molecular flexibility index (Phi) is 5.06. The van der Waals surface area contributed by atoms with Crippen LogP contribution in [-0.4, -0.2) is 13.2 Å². The Balaban J connectivity index is 2.23. The fraction of sp³-hybridized carbons (Fsp3) is 0.625. The van der Waals surface area contributed by atoms with Crippen LogP contribution < -0.4 is 10.5 Å². The van der Waals surface area contributed by atoms with Crippen LogP contribution in [0.25, 0.3) is 0 Å². The monoisotopic (exact) mass is 247 g/mol. The molecule has 2 rings (SSSR count). The molecule has 0 atom stereocenters. The summed E-state index contributed by atoms with van der Waals surface area (Å²) in [6.45, 7) is 3.52. The van der Waals surface area contributed by atoms with E-state index in [0.717, 1.165) is 25.3 Å². The average molecular weight is 247 g/mol. The molecule has 0 amide bonds. The normalized spacial score (nSPS) is 16.8. The van der Waals surface area contributed by atoms with Crippen LogP contribution in [0.4, 0.5) is 0 Å². The standard InChI is InChI=1S/C16H25NO/c1-2-18-16-9-8-13(10-11-17)12-15(16)14-6-4-3-5-7-14/h8-9,12,14H,2-7,10-11,17H2,1H3. The number of ether oxygens (including phenoxy) is 1.